The van der Waals surface area contributed by atoms with E-state index in [0.29, 0.717) is 30.6 Å². The first-order chi connectivity index (χ1) is 15.9. The van der Waals surface area contributed by atoms with Crippen molar-refractivity contribution in [3.63, 3.8) is 0 Å². The van der Waals surface area contributed by atoms with E-state index in [4.69, 9.17) is 0 Å². The van der Waals surface area contributed by atoms with Crippen molar-refractivity contribution in [3.8, 4) is 0 Å². The van der Waals surface area contributed by atoms with Gasteiger partial charge < -0.3 is 24.5 Å². The van der Waals surface area contributed by atoms with E-state index in [1.54, 1.807) is 34.9 Å². The molecule has 2 N–H and O–H groups in total. The molecule has 4 rings (SSSR count). The first kappa shape index (κ1) is 23.0. The highest BCUT2D eigenvalue weighted by Crippen LogP contribution is 2.48. The zero-order valence-electron chi connectivity index (χ0n) is 19.3. The Morgan fingerprint density at radius 2 is 2.12 bits per heavy atom. The number of nitrogens with zero attached hydrogens (tertiary/aromatic N) is 4. The quantitative estimate of drug-likeness (QED) is 0.647. The summed E-state index contributed by atoms with van der Waals surface area (Å²) in [6, 6.07) is 2.58. The normalized spacial score (nSPS) is 23.7. The molecule has 2 aromatic heterocycles. The van der Waals surface area contributed by atoms with Crippen LogP contribution >= 0.6 is 0 Å². The van der Waals surface area contributed by atoms with Crippen molar-refractivity contribution in [3.05, 3.63) is 58.0 Å². The van der Waals surface area contributed by atoms with Crippen molar-refractivity contribution in [2.75, 3.05) is 13.2 Å². The van der Waals surface area contributed by atoms with Crippen molar-refractivity contribution in [1.82, 2.24) is 24.3 Å². The molecule has 1 fully saturated rings. The van der Waals surface area contributed by atoms with E-state index in [1.165, 1.54) is 0 Å². The number of aryl methyl sites for hydroxylation is 1. The van der Waals surface area contributed by atoms with Crippen LogP contribution < -0.4 is 10.9 Å². The fourth-order valence-corrected chi connectivity index (χ4v) is 5.28. The number of carbonyl (C=O) groups is 2. The third kappa shape index (κ3) is 4.01. The van der Waals surface area contributed by atoms with Crippen LogP contribution in [-0.2, 0) is 29.6 Å². The zero-order valence-corrected chi connectivity index (χ0v) is 19.3. The van der Waals surface area contributed by atoms with Gasteiger partial charge in [-0.05, 0) is 19.1 Å². The lowest BCUT2D eigenvalue weighted by Gasteiger charge is -2.38. The van der Waals surface area contributed by atoms with Gasteiger partial charge in [0.2, 0.25) is 11.8 Å². The summed E-state index contributed by atoms with van der Waals surface area (Å²) in [5.41, 5.74) is 1.94. The number of aromatic nitrogens is 3. The second-order valence-corrected chi connectivity index (χ2v) is 8.74. The Balaban J connectivity index is 1.67. The third-order valence-electron chi connectivity index (χ3n) is 6.75. The molecule has 9 heteroatoms. The third-order valence-corrected chi connectivity index (χ3v) is 6.75. The number of carbonyl (C=O) groups excluding carboxylic acids is 2. The molecule has 0 saturated carbocycles. The minimum atomic E-state index is -0.639. The molecule has 2 aliphatic rings. The van der Waals surface area contributed by atoms with E-state index < -0.39 is 23.9 Å². The van der Waals surface area contributed by atoms with Crippen LogP contribution in [-0.4, -0.2) is 55.1 Å². The smallest absolute Gasteiger partial charge is 0.258 e. The lowest BCUT2D eigenvalue weighted by molar-refractivity contribution is -0.136. The summed E-state index contributed by atoms with van der Waals surface area (Å²) in [5.74, 6) is -1.39. The predicted octanol–water partition coefficient (Wildman–Crippen LogP) is 0.874. The Bertz CT molecular complexity index is 1130. The Kier molecular flexibility index (Phi) is 6.51. The number of aliphatic hydroxyl groups excluding tert-OH is 1. The molecule has 1 saturated heterocycles. The Hall–Kier alpha value is -3.20. The minimum Gasteiger partial charge on any atom is -0.396 e. The van der Waals surface area contributed by atoms with Gasteiger partial charge >= 0.3 is 0 Å². The minimum absolute atomic E-state index is 0.0801. The summed E-state index contributed by atoms with van der Waals surface area (Å²) in [6.45, 7) is 4.06. The number of allylic oxidation sites excluding steroid dienone is 1. The molecule has 0 spiro atoms. The first-order valence-electron chi connectivity index (χ1n) is 11.4. The number of hydrogen-bond acceptors (Lipinski definition) is 5. The van der Waals surface area contributed by atoms with Gasteiger partial charge in [-0.25, -0.2) is 4.98 Å². The van der Waals surface area contributed by atoms with Crippen LogP contribution in [0.25, 0.3) is 6.08 Å². The number of fused-ring (bicyclic) bond motifs is 4. The largest absolute Gasteiger partial charge is 0.396 e. The van der Waals surface area contributed by atoms with Gasteiger partial charge in [0, 0.05) is 63.0 Å². The van der Waals surface area contributed by atoms with Crippen LogP contribution in [0.1, 0.15) is 43.3 Å². The molecule has 33 heavy (non-hydrogen) atoms. The maximum Gasteiger partial charge on any atom is 0.258 e. The molecule has 0 unspecified atom stereocenters. The molecule has 0 aliphatic carbocycles. The molecule has 2 amide bonds. The molecule has 0 aromatic carbocycles. The molecule has 176 valence electrons. The molecule has 2 aromatic rings. The monoisotopic (exact) mass is 453 g/mol. The predicted molar refractivity (Wildman–Crippen MR) is 123 cm³/mol. The molecule has 4 atom stereocenters. The highest BCUT2D eigenvalue weighted by atomic mass is 16.3. The van der Waals surface area contributed by atoms with Crippen molar-refractivity contribution < 1.29 is 14.7 Å². The van der Waals surface area contributed by atoms with E-state index >= 15 is 0 Å². The summed E-state index contributed by atoms with van der Waals surface area (Å²) in [6.07, 6.45) is 8.05. The highest BCUT2D eigenvalue weighted by molar-refractivity contribution is 5.84. The van der Waals surface area contributed by atoms with Crippen LogP contribution in [0.2, 0.25) is 0 Å². The number of rotatable bonds is 7. The standard InChI is InChI=1S/C24H31N5O4/c1-4-6-15-7-8-18-22-21(23(32)25-10-9-16-11-27(3)14-26-16)17(13-30)19(12-28(18)24(15)33)29(22)20(31)5-2/h4,6-8,11,14,17,19,21-22,30H,5,9-10,12-13H2,1-3H3,(H,25,32)/b6-4+/t17-,19-,21+,22+/m0/s1. The van der Waals surface area contributed by atoms with Gasteiger partial charge in [0.1, 0.15) is 0 Å². The zero-order chi connectivity index (χ0) is 23.7. The van der Waals surface area contributed by atoms with Gasteiger partial charge in [-0.1, -0.05) is 19.1 Å². The van der Waals surface area contributed by atoms with E-state index in [-0.39, 0.29) is 30.5 Å². The maximum absolute atomic E-state index is 13.4. The molecular weight excluding hydrogens is 422 g/mol. The van der Waals surface area contributed by atoms with E-state index in [0.717, 1.165) is 5.69 Å². The number of pyridine rings is 1. The topological polar surface area (TPSA) is 109 Å². The molecule has 2 bridgehead atoms. The van der Waals surface area contributed by atoms with Crippen LogP contribution in [0.5, 0.6) is 0 Å². The van der Waals surface area contributed by atoms with Gasteiger partial charge in [0.25, 0.3) is 5.56 Å². The van der Waals surface area contributed by atoms with Gasteiger partial charge in [-0.2, -0.15) is 0 Å². The van der Waals surface area contributed by atoms with Crippen LogP contribution in [0.4, 0.5) is 0 Å². The van der Waals surface area contributed by atoms with E-state index in [2.05, 4.69) is 10.3 Å². The van der Waals surface area contributed by atoms with Crippen LogP contribution in [0.15, 0.2) is 35.5 Å². The van der Waals surface area contributed by atoms with E-state index in [1.807, 2.05) is 36.9 Å². The first-order valence-corrected chi connectivity index (χ1v) is 11.4. The molecule has 2 aliphatic heterocycles. The van der Waals surface area contributed by atoms with E-state index in [9.17, 15) is 19.5 Å². The summed E-state index contributed by atoms with van der Waals surface area (Å²) in [4.78, 5) is 45.4. The SMILES string of the molecule is C/C=C/c1ccc2n(c1=O)C[C@H]1[C@H](CO)[C@@H](C(=O)NCCc3cn(C)cn3)[C@@H]2N1C(=O)CC. The molecule has 9 nitrogen and oxygen atoms in total. The average molecular weight is 454 g/mol. The van der Waals surface area contributed by atoms with Gasteiger partial charge in [-0.15, -0.1) is 0 Å². The highest BCUT2D eigenvalue weighted by Gasteiger charge is 2.57. The Morgan fingerprint density at radius 3 is 2.76 bits per heavy atom. The van der Waals surface area contributed by atoms with Gasteiger partial charge in [-0.3, -0.25) is 14.4 Å². The number of nitrogens with one attached hydrogen (secondary N) is 1. The van der Waals surface area contributed by atoms with Crippen molar-refractivity contribution in [2.45, 2.75) is 45.3 Å². The van der Waals surface area contributed by atoms with Crippen molar-refractivity contribution in [1.29, 1.82) is 0 Å². The fraction of sp³-hybridized carbons (Fsp3) is 0.500. The van der Waals surface area contributed by atoms with Crippen molar-refractivity contribution >= 4 is 17.9 Å². The number of imidazole rings is 1. The lowest BCUT2D eigenvalue weighted by Crippen LogP contribution is -2.49. The number of aliphatic hydroxyl groups is 1. The van der Waals surface area contributed by atoms with Crippen molar-refractivity contribution in [2.24, 2.45) is 18.9 Å². The summed E-state index contributed by atoms with van der Waals surface area (Å²) < 4.78 is 3.53. The Labute approximate surface area is 192 Å². The molecule has 4 heterocycles. The molecule has 0 radical (unpaired) electrons. The maximum atomic E-state index is 13.4. The van der Waals surface area contributed by atoms with Crippen LogP contribution in [0.3, 0.4) is 0 Å². The second-order valence-electron chi connectivity index (χ2n) is 8.74. The number of amides is 2. The van der Waals surface area contributed by atoms with Gasteiger partial charge in [0.15, 0.2) is 0 Å². The summed E-state index contributed by atoms with van der Waals surface area (Å²) in [5, 5.41) is 13.2. The average Bonchev–Trinajstić information content (AvgIpc) is 3.32. The molecular formula is C24H31N5O4. The van der Waals surface area contributed by atoms with Gasteiger partial charge in [0.05, 0.1) is 30.0 Å². The number of hydrogen-bond donors (Lipinski definition) is 2. The Morgan fingerprint density at radius 1 is 1.33 bits per heavy atom. The second kappa shape index (κ2) is 9.35. The van der Waals surface area contributed by atoms with Crippen LogP contribution in [0, 0.1) is 11.8 Å². The fourth-order valence-electron chi connectivity index (χ4n) is 5.28. The summed E-state index contributed by atoms with van der Waals surface area (Å²) in [7, 11) is 1.89. The summed E-state index contributed by atoms with van der Waals surface area (Å²) >= 11 is 0. The lowest BCUT2D eigenvalue weighted by atomic mass is 9.86.